The Morgan fingerprint density at radius 1 is 1.54 bits per heavy atom. The summed E-state index contributed by atoms with van der Waals surface area (Å²) in [6.45, 7) is 6.23. The van der Waals surface area contributed by atoms with Gasteiger partial charge in [-0.05, 0) is 20.8 Å². The molecule has 0 aliphatic rings. The predicted octanol–water partition coefficient (Wildman–Crippen LogP) is 1.34. The second-order valence-electron chi connectivity index (χ2n) is 4.01. The molecule has 0 rings (SSSR count). The van der Waals surface area contributed by atoms with Gasteiger partial charge in [-0.1, -0.05) is 0 Å². The van der Waals surface area contributed by atoms with Gasteiger partial charge in [0.25, 0.3) is 0 Å². The number of hydrogen-bond donors (Lipinski definition) is 1. The summed E-state index contributed by atoms with van der Waals surface area (Å²) in [6.07, 6.45) is 0.369. The number of amides is 2. The van der Waals surface area contributed by atoms with Crippen molar-refractivity contribution in [3.8, 4) is 6.07 Å². The molecule has 0 saturated carbocycles. The van der Waals surface area contributed by atoms with Crippen molar-refractivity contribution in [1.82, 2.24) is 10.2 Å². The molecule has 0 aromatic heterocycles. The minimum Gasteiger partial charge on any atom is -0.333 e. The number of urea groups is 1. The van der Waals surface area contributed by atoms with Gasteiger partial charge in [0.2, 0.25) is 0 Å². The molecular weight excluding hydrogens is 166 g/mol. The van der Waals surface area contributed by atoms with Crippen LogP contribution in [-0.2, 0) is 0 Å². The molecule has 0 radical (unpaired) electrons. The van der Waals surface area contributed by atoms with Crippen LogP contribution in [0.2, 0.25) is 0 Å². The third-order valence-electron chi connectivity index (χ3n) is 1.39. The summed E-state index contributed by atoms with van der Waals surface area (Å²) in [7, 11) is 1.68. The predicted molar refractivity (Wildman–Crippen MR) is 51.1 cm³/mol. The van der Waals surface area contributed by atoms with Crippen LogP contribution in [0, 0.1) is 11.3 Å². The monoisotopic (exact) mass is 183 g/mol. The molecule has 0 heterocycles. The number of carbonyl (C=O) groups is 1. The van der Waals surface area contributed by atoms with E-state index in [9.17, 15) is 4.79 Å². The van der Waals surface area contributed by atoms with Crippen molar-refractivity contribution in [2.45, 2.75) is 32.7 Å². The van der Waals surface area contributed by atoms with Gasteiger partial charge in [-0.25, -0.2) is 4.79 Å². The third kappa shape index (κ3) is 5.97. The van der Waals surface area contributed by atoms with Crippen molar-refractivity contribution in [1.29, 1.82) is 5.26 Å². The zero-order valence-corrected chi connectivity index (χ0v) is 8.72. The van der Waals surface area contributed by atoms with Crippen LogP contribution < -0.4 is 5.32 Å². The lowest BCUT2D eigenvalue weighted by Gasteiger charge is -2.25. The summed E-state index contributed by atoms with van der Waals surface area (Å²) in [4.78, 5) is 12.9. The van der Waals surface area contributed by atoms with Crippen molar-refractivity contribution in [3.63, 3.8) is 0 Å². The second-order valence-corrected chi connectivity index (χ2v) is 4.01. The lowest BCUT2D eigenvalue weighted by Crippen LogP contribution is -2.47. The molecule has 0 aromatic carbocycles. The van der Waals surface area contributed by atoms with E-state index in [2.05, 4.69) is 5.32 Å². The molecule has 0 bridgehead atoms. The van der Waals surface area contributed by atoms with E-state index in [1.54, 1.807) is 7.05 Å². The summed E-state index contributed by atoms with van der Waals surface area (Å²) in [5.41, 5.74) is -0.224. The van der Waals surface area contributed by atoms with Crippen LogP contribution in [0.5, 0.6) is 0 Å². The number of nitrogens with one attached hydrogen (secondary N) is 1. The first-order valence-electron chi connectivity index (χ1n) is 4.27. The molecule has 1 N–H and O–H groups in total. The standard InChI is InChI=1S/C9H17N3O/c1-9(2,3)11-8(13)12(4)7-5-6-10/h5,7H2,1-4H3,(H,11,13). The fraction of sp³-hybridized carbons (Fsp3) is 0.778. The maximum absolute atomic E-state index is 11.4. The normalized spacial score (nSPS) is 10.4. The van der Waals surface area contributed by atoms with E-state index >= 15 is 0 Å². The molecule has 0 aromatic rings. The molecule has 0 unspecified atom stereocenters. The first-order chi connectivity index (χ1) is 5.87. The highest BCUT2D eigenvalue weighted by Gasteiger charge is 2.16. The molecular formula is C9H17N3O. The van der Waals surface area contributed by atoms with Crippen molar-refractivity contribution < 1.29 is 4.79 Å². The third-order valence-corrected chi connectivity index (χ3v) is 1.39. The lowest BCUT2D eigenvalue weighted by molar-refractivity contribution is 0.200. The number of rotatable bonds is 2. The van der Waals surface area contributed by atoms with Crippen LogP contribution in [-0.4, -0.2) is 30.1 Å². The fourth-order valence-electron chi connectivity index (χ4n) is 0.735. The zero-order valence-electron chi connectivity index (χ0n) is 8.72. The smallest absolute Gasteiger partial charge is 0.317 e. The van der Waals surface area contributed by atoms with Crippen LogP contribution in [0.25, 0.3) is 0 Å². The molecule has 4 heteroatoms. The zero-order chi connectivity index (χ0) is 10.5. The molecule has 13 heavy (non-hydrogen) atoms. The Morgan fingerprint density at radius 2 is 2.08 bits per heavy atom. The first kappa shape index (κ1) is 11.8. The highest BCUT2D eigenvalue weighted by atomic mass is 16.2. The Hall–Kier alpha value is -1.24. The number of hydrogen-bond acceptors (Lipinski definition) is 2. The van der Waals surface area contributed by atoms with Gasteiger partial charge in [0, 0.05) is 19.1 Å². The SMILES string of the molecule is CN(CCC#N)C(=O)NC(C)(C)C. The Morgan fingerprint density at radius 3 is 2.46 bits per heavy atom. The van der Waals surface area contributed by atoms with Crippen LogP contribution in [0.3, 0.4) is 0 Å². The van der Waals surface area contributed by atoms with Crippen LogP contribution in [0.15, 0.2) is 0 Å². The number of carbonyl (C=O) groups excluding carboxylic acids is 1. The van der Waals surface area contributed by atoms with Crippen molar-refractivity contribution in [2.24, 2.45) is 0 Å². The molecule has 0 atom stereocenters. The van der Waals surface area contributed by atoms with E-state index in [1.807, 2.05) is 26.8 Å². The average molecular weight is 183 g/mol. The second kappa shape index (κ2) is 4.70. The van der Waals surface area contributed by atoms with Gasteiger partial charge < -0.3 is 10.2 Å². The molecule has 0 fully saturated rings. The molecule has 4 nitrogen and oxygen atoms in total. The van der Waals surface area contributed by atoms with Gasteiger partial charge in [-0.15, -0.1) is 0 Å². The quantitative estimate of drug-likeness (QED) is 0.702. The van der Waals surface area contributed by atoms with E-state index in [0.29, 0.717) is 13.0 Å². The van der Waals surface area contributed by atoms with E-state index in [4.69, 9.17) is 5.26 Å². The van der Waals surface area contributed by atoms with Crippen LogP contribution >= 0.6 is 0 Å². The topological polar surface area (TPSA) is 56.1 Å². The van der Waals surface area contributed by atoms with Crippen LogP contribution in [0.4, 0.5) is 4.79 Å². The van der Waals surface area contributed by atoms with Gasteiger partial charge in [0.1, 0.15) is 0 Å². The Kier molecular flexibility index (Phi) is 4.26. The Balaban J connectivity index is 3.91. The van der Waals surface area contributed by atoms with Crippen molar-refractivity contribution >= 4 is 6.03 Å². The van der Waals surface area contributed by atoms with E-state index in [0.717, 1.165) is 0 Å². The van der Waals surface area contributed by atoms with Gasteiger partial charge >= 0.3 is 6.03 Å². The molecule has 0 saturated heterocycles. The van der Waals surface area contributed by atoms with Gasteiger partial charge in [-0.2, -0.15) is 5.26 Å². The molecule has 2 amide bonds. The van der Waals surface area contributed by atoms with Crippen molar-refractivity contribution in [3.05, 3.63) is 0 Å². The summed E-state index contributed by atoms with van der Waals surface area (Å²) < 4.78 is 0. The summed E-state index contributed by atoms with van der Waals surface area (Å²) in [6, 6.07) is 1.86. The molecule has 0 spiro atoms. The Bertz CT molecular complexity index is 212. The minimum absolute atomic E-state index is 0.136. The lowest BCUT2D eigenvalue weighted by atomic mass is 10.1. The van der Waals surface area contributed by atoms with Gasteiger partial charge in [-0.3, -0.25) is 0 Å². The summed E-state index contributed by atoms with van der Waals surface area (Å²) in [5.74, 6) is 0. The largest absolute Gasteiger partial charge is 0.333 e. The minimum atomic E-state index is -0.224. The molecule has 74 valence electrons. The van der Waals surface area contributed by atoms with E-state index < -0.39 is 0 Å². The maximum atomic E-state index is 11.4. The van der Waals surface area contributed by atoms with Crippen molar-refractivity contribution in [2.75, 3.05) is 13.6 Å². The molecule has 0 aliphatic heterocycles. The summed E-state index contributed by atoms with van der Waals surface area (Å²) in [5, 5.41) is 11.1. The fourth-order valence-corrected chi connectivity index (χ4v) is 0.735. The van der Waals surface area contributed by atoms with E-state index in [1.165, 1.54) is 4.90 Å². The number of nitrogens with zero attached hydrogens (tertiary/aromatic N) is 2. The highest BCUT2D eigenvalue weighted by Crippen LogP contribution is 2.00. The van der Waals surface area contributed by atoms with Gasteiger partial charge in [0.15, 0.2) is 0 Å². The summed E-state index contributed by atoms with van der Waals surface area (Å²) >= 11 is 0. The highest BCUT2D eigenvalue weighted by molar-refractivity contribution is 5.74. The first-order valence-corrected chi connectivity index (χ1v) is 4.27. The van der Waals surface area contributed by atoms with Gasteiger partial charge in [0.05, 0.1) is 12.5 Å². The average Bonchev–Trinajstić information content (AvgIpc) is 1.96. The van der Waals surface area contributed by atoms with Crippen LogP contribution in [0.1, 0.15) is 27.2 Å². The number of nitriles is 1. The maximum Gasteiger partial charge on any atom is 0.317 e. The van der Waals surface area contributed by atoms with E-state index in [-0.39, 0.29) is 11.6 Å². The Labute approximate surface area is 79.5 Å². The molecule has 0 aliphatic carbocycles.